The van der Waals surface area contributed by atoms with Crippen molar-refractivity contribution in [3.05, 3.63) is 35.9 Å². The van der Waals surface area contributed by atoms with Gasteiger partial charge in [0.1, 0.15) is 0 Å². The van der Waals surface area contributed by atoms with Crippen molar-refractivity contribution in [1.29, 1.82) is 0 Å². The Balaban J connectivity index is 1.81. The summed E-state index contributed by atoms with van der Waals surface area (Å²) in [6.45, 7) is 3.10. The Kier molecular flexibility index (Phi) is 5.22. The second-order valence-electron chi connectivity index (χ2n) is 5.96. The number of rotatable bonds is 6. The minimum Gasteiger partial charge on any atom is -0.313 e. The van der Waals surface area contributed by atoms with Gasteiger partial charge in [0.25, 0.3) is 0 Å². The molecule has 4 heteroatoms. The van der Waals surface area contributed by atoms with Crippen LogP contribution in [0, 0.1) is 0 Å². The van der Waals surface area contributed by atoms with Crippen LogP contribution < -0.4 is 5.32 Å². The topological polar surface area (TPSA) is 46.2 Å². The van der Waals surface area contributed by atoms with E-state index in [4.69, 9.17) is 0 Å². The molecule has 0 aromatic heterocycles. The molecule has 3 unspecified atom stereocenters. The molecule has 0 amide bonds. The molecular formula is C16H25NO2S. The highest BCUT2D eigenvalue weighted by molar-refractivity contribution is 7.91. The van der Waals surface area contributed by atoms with Gasteiger partial charge in [0.2, 0.25) is 0 Å². The Morgan fingerprint density at radius 3 is 2.60 bits per heavy atom. The van der Waals surface area contributed by atoms with E-state index in [1.807, 2.05) is 6.07 Å². The Labute approximate surface area is 122 Å². The zero-order valence-electron chi connectivity index (χ0n) is 12.4. The van der Waals surface area contributed by atoms with Crippen molar-refractivity contribution in [2.45, 2.75) is 49.8 Å². The first kappa shape index (κ1) is 15.5. The Hall–Kier alpha value is -0.870. The van der Waals surface area contributed by atoms with Crippen molar-refractivity contribution >= 4 is 9.84 Å². The molecule has 1 fully saturated rings. The van der Waals surface area contributed by atoms with E-state index in [2.05, 4.69) is 36.5 Å². The Morgan fingerprint density at radius 1 is 1.25 bits per heavy atom. The fourth-order valence-electron chi connectivity index (χ4n) is 3.11. The molecule has 1 N–H and O–H groups in total. The molecule has 3 atom stereocenters. The third-order valence-electron chi connectivity index (χ3n) is 4.35. The molecule has 0 bridgehead atoms. The molecule has 20 heavy (non-hydrogen) atoms. The van der Waals surface area contributed by atoms with Crippen molar-refractivity contribution in [2.24, 2.45) is 0 Å². The average Bonchev–Trinajstić information content (AvgIpc) is 2.88. The third-order valence-corrected chi connectivity index (χ3v) is 6.02. The molecule has 1 aromatic carbocycles. The normalized spacial score (nSPS) is 24.7. The van der Waals surface area contributed by atoms with Crippen LogP contribution in [0.15, 0.2) is 30.3 Å². The van der Waals surface area contributed by atoms with Crippen molar-refractivity contribution in [3.8, 4) is 0 Å². The number of benzene rings is 1. The molecule has 3 nitrogen and oxygen atoms in total. The summed E-state index contributed by atoms with van der Waals surface area (Å²) in [5.74, 6) is 0.502. The van der Waals surface area contributed by atoms with Gasteiger partial charge in [0, 0.05) is 12.3 Å². The van der Waals surface area contributed by atoms with Gasteiger partial charge in [0.05, 0.1) is 5.25 Å². The minimum absolute atomic E-state index is 0.146. The van der Waals surface area contributed by atoms with Crippen molar-refractivity contribution in [2.75, 3.05) is 12.8 Å². The van der Waals surface area contributed by atoms with E-state index in [1.165, 1.54) is 11.8 Å². The van der Waals surface area contributed by atoms with E-state index < -0.39 is 9.84 Å². The van der Waals surface area contributed by atoms with E-state index in [-0.39, 0.29) is 11.3 Å². The molecular weight excluding hydrogens is 270 g/mol. The monoisotopic (exact) mass is 295 g/mol. The summed E-state index contributed by atoms with van der Waals surface area (Å²) in [5, 5.41) is 3.27. The van der Waals surface area contributed by atoms with Gasteiger partial charge in [-0.3, -0.25) is 0 Å². The SMILES string of the molecule is CC(CCNC1CCCC1S(C)(=O)=O)c1ccccc1. The molecule has 1 aliphatic rings. The molecule has 2 rings (SSSR count). The largest absolute Gasteiger partial charge is 0.313 e. The standard InChI is InChI=1S/C16H25NO2S/c1-13(14-7-4-3-5-8-14)11-12-17-15-9-6-10-16(15)20(2,18)19/h3-5,7-8,13,15-17H,6,9-12H2,1-2H3. The van der Waals surface area contributed by atoms with Crippen molar-refractivity contribution < 1.29 is 8.42 Å². The van der Waals surface area contributed by atoms with Crippen molar-refractivity contribution in [3.63, 3.8) is 0 Å². The number of nitrogens with one attached hydrogen (secondary N) is 1. The first-order valence-electron chi connectivity index (χ1n) is 7.45. The summed E-state index contributed by atoms with van der Waals surface area (Å²) in [5.41, 5.74) is 1.35. The molecule has 1 aliphatic carbocycles. The van der Waals surface area contributed by atoms with Crippen LogP contribution >= 0.6 is 0 Å². The maximum absolute atomic E-state index is 11.7. The summed E-state index contributed by atoms with van der Waals surface area (Å²) >= 11 is 0. The molecule has 112 valence electrons. The van der Waals surface area contributed by atoms with Gasteiger partial charge in [0.15, 0.2) is 9.84 Å². The lowest BCUT2D eigenvalue weighted by Gasteiger charge is -2.21. The van der Waals surface area contributed by atoms with Crippen LogP contribution in [0.4, 0.5) is 0 Å². The minimum atomic E-state index is -2.92. The highest BCUT2D eigenvalue weighted by Crippen LogP contribution is 2.25. The van der Waals surface area contributed by atoms with Crippen LogP contribution in [0.1, 0.15) is 44.1 Å². The van der Waals surface area contributed by atoms with Crippen molar-refractivity contribution in [1.82, 2.24) is 5.32 Å². The van der Waals surface area contributed by atoms with Crippen LogP contribution in [0.3, 0.4) is 0 Å². The maximum Gasteiger partial charge on any atom is 0.151 e. The second-order valence-corrected chi connectivity index (χ2v) is 8.22. The Bertz CT molecular complexity index is 513. The van der Waals surface area contributed by atoms with Gasteiger partial charge in [-0.05, 0) is 37.3 Å². The molecule has 1 aromatic rings. The zero-order valence-corrected chi connectivity index (χ0v) is 13.2. The van der Waals surface area contributed by atoms with E-state index in [0.717, 1.165) is 32.2 Å². The smallest absolute Gasteiger partial charge is 0.151 e. The van der Waals surface area contributed by atoms with Gasteiger partial charge in [-0.25, -0.2) is 8.42 Å². The predicted molar refractivity (Wildman–Crippen MR) is 83.7 cm³/mol. The van der Waals surface area contributed by atoms with Gasteiger partial charge < -0.3 is 5.32 Å². The van der Waals surface area contributed by atoms with Crippen LogP contribution in [0.2, 0.25) is 0 Å². The Morgan fingerprint density at radius 2 is 1.95 bits per heavy atom. The first-order chi connectivity index (χ1) is 9.48. The molecule has 1 saturated carbocycles. The fourth-order valence-corrected chi connectivity index (χ4v) is 4.53. The van der Waals surface area contributed by atoms with Crippen LogP contribution in [-0.4, -0.2) is 32.5 Å². The molecule has 0 heterocycles. The highest BCUT2D eigenvalue weighted by atomic mass is 32.2. The molecule has 0 spiro atoms. The highest BCUT2D eigenvalue weighted by Gasteiger charge is 2.34. The van der Waals surface area contributed by atoms with Gasteiger partial charge in [-0.15, -0.1) is 0 Å². The van der Waals surface area contributed by atoms with Gasteiger partial charge >= 0.3 is 0 Å². The maximum atomic E-state index is 11.7. The van der Waals surface area contributed by atoms with E-state index in [9.17, 15) is 8.42 Å². The van der Waals surface area contributed by atoms with Crippen LogP contribution in [-0.2, 0) is 9.84 Å². The zero-order chi connectivity index (χ0) is 14.6. The molecule has 0 saturated heterocycles. The third kappa shape index (κ3) is 4.06. The van der Waals surface area contributed by atoms with E-state index in [1.54, 1.807) is 0 Å². The number of hydrogen-bond acceptors (Lipinski definition) is 3. The number of sulfone groups is 1. The van der Waals surface area contributed by atoms with Gasteiger partial charge in [-0.1, -0.05) is 43.7 Å². The quantitative estimate of drug-likeness (QED) is 0.878. The van der Waals surface area contributed by atoms with E-state index in [0.29, 0.717) is 5.92 Å². The summed E-state index contributed by atoms with van der Waals surface area (Å²) in [4.78, 5) is 0. The summed E-state index contributed by atoms with van der Waals surface area (Å²) in [6.07, 6.45) is 5.22. The molecule has 0 aliphatic heterocycles. The summed E-state index contributed by atoms with van der Waals surface area (Å²) < 4.78 is 23.4. The van der Waals surface area contributed by atoms with E-state index >= 15 is 0 Å². The second kappa shape index (κ2) is 6.72. The lowest BCUT2D eigenvalue weighted by molar-refractivity contribution is 0.488. The number of hydrogen-bond donors (Lipinski definition) is 1. The fraction of sp³-hybridized carbons (Fsp3) is 0.625. The van der Waals surface area contributed by atoms with Gasteiger partial charge in [-0.2, -0.15) is 0 Å². The average molecular weight is 295 g/mol. The van der Waals surface area contributed by atoms with Crippen LogP contribution in [0.25, 0.3) is 0 Å². The van der Waals surface area contributed by atoms with Crippen LogP contribution in [0.5, 0.6) is 0 Å². The summed E-state index contributed by atoms with van der Waals surface area (Å²) in [6, 6.07) is 10.6. The lowest BCUT2D eigenvalue weighted by atomic mass is 9.98. The molecule has 0 radical (unpaired) electrons. The first-order valence-corrected chi connectivity index (χ1v) is 9.41. The predicted octanol–water partition coefficient (Wildman–Crippen LogP) is 2.74. The summed E-state index contributed by atoms with van der Waals surface area (Å²) in [7, 11) is -2.92. The lowest BCUT2D eigenvalue weighted by Crippen LogP contribution is -2.40.